The monoisotopic (exact) mass is 307 g/mol. The topological polar surface area (TPSA) is 43.1 Å². The number of nitrogens with zero attached hydrogens (tertiary/aromatic N) is 1. The Morgan fingerprint density at radius 3 is 2.73 bits per heavy atom. The van der Waals surface area contributed by atoms with Crippen molar-refractivity contribution in [1.82, 2.24) is 4.98 Å². The highest BCUT2D eigenvalue weighted by molar-refractivity contribution is 6.31. The van der Waals surface area contributed by atoms with Gasteiger partial charge in [-0.05, 0) is 29.7 Å². The summed E-state index contributed by atoms with van der Waals surface area (Å²) in [6, 6.07) is 16.8. The van der Waals surface area contributed by atoms with Crippen molar-refractivity contribution in [2.24, 2.45) is 0 Å². The van der Waals surface area contributed by atoms with Gasteiger partial charge in [-0.25, -0.2) is 4.79 Å². The van der Waals surface area contributed by atoms with E-state index in [9.17, 15) is 4.79 Å². The van der Waals surface area contributed by atoms with Gasteiger partial charge in [-0.3, -0.25) is 4.98 Å². The van der Waals surface area contributed by atoms with Crippen LogP contribution in [0, 0.1) is 0 Å². The minimum absolute atomic E-state index is 0.418. The van der Waals surface area contributed by atoms with E-state index in [1.54, 1.807) is 24.4 Å². The van der Waals surface area contributed by atoms with Crippen molar-refractivity contribution in [3.63, 3.8) is 0 Å². The van der Waals surface area contributed by atoms with Crippen molar-refractivity contribution in [2.45, 2.75) is 0 Å². The predicted octanol–water partition coefficient (Wildman–Crippen LogP) is 4.66. The Balaban J connectivity index is 2.06. The molecule has 0 saturated heterocycles. The highest BCUT2D eigenvalue weighted by atomic mass is 35.5. The van der Waals surface area contributed by atoms with Crippen LogP contribution in [-0.2, 0) is 0 Å². The zero-order valence-corrected chi connectivity index (χ0v) is 12.2. The number of hydrogen-bond donors (Lipinski definition) is 0. The first-order valence-electron chi connectivity index (χ1n) is 6.80. The maximum Gasteiger partial charge on any atom is 0.345 e. The molecule has 0 aliphatic heterocycles. The Labute approximate surface area is 130 Å². The van der Waals surface area contributed by atoms with Gasteiger partial charge in [-0.1, -0.05) is 35.9 Å². The summed E-state index contributed by atoms with van der Waals surface area (Å²) in [5.41, 5.74) is 1.13. The van der Waals surface area contributed by atoms with Crippen LogP contribution in [0.25, 0.3) is 33.0 Å². The second-order valence-electron chi connectivity index (χ2n) is 5.01. The second kappa shape index (κ2) is 4.97. The average molecular weight is 308 g/mol. The Morgan fingerprint density at radius 1 is 0.955 bits per heavy atom. The van der Waals surface area contributed by atoms with Gasteiger partial charge in [0.25, 0.3) is 0 Å². The summed E-state index contributed by atoms with van der Waals surface area (Å²) in [5.74, 6) is 0. The standard InChI is InChI=1S/C18H10ClNO2/c19-13-6-5-12-9-15(18(21)22-16(12)10-13)17-14-4-2-1-3-11(14)7-8-20-17/h1-10H. The Hall–Kier alpha value is -2.65. The fraction of sp³-hybridized carbons (Fsp3) is 0. The molecule has 0 atom stereocenters. The molecule has 0 fully saturated rings. The fourth-order valence-electron chi connectivity index (χ4n) is 2.58. The summed E-state index contributed by atoms with van der Waals surface area (Å²) in [7, 11) is 0. The molecule has 0 amide bonds. The third-order valence-electron chi connectivity index (χ3n) is 3.63. The summed E-state index contributed by atoms with van der Waals surface area (Å²) in [5, 5.41) is 3.30. The number of benzene rings is 2. The molecular weight excluding hydrogens is 298 g/mol. The van der Waals surface area contributed by atoms with Crippen LogP contribution in [0.2, 0.25) is 5.02 Å². The smallest absolute Gasteiger partial charge is 0.345 e. The van der Waals surface area contributed by atoms with Gasteiger partial charge in [0.15, 0.2) is 0 Å². The molecule has 22 heavy (non-hydrogen) atoms. The van der Waals surface area contributed by atoms with E-state index >= 15 is 0 Å². The lowest BCUT2D eigenvalue weighted by atomic mass is 10.0. The molecule has 3 nitrogen and oxygen atoms in total. The molecule has 4 heteroatoms. The third-order valence-corrected chi connectivity index (χ3v) is 3.86. The van der Waals surface area contributed by atoms with Gasteiger partial charge in [0, 0.05) is 28.1 Å². The zero-order chi connectivity index (χ0) is 15.1. The molecule has 0 saturated carbocycles. The minimum Gasteiger partial charge on any atom is -0.422 e. The van der Waals surface area contributed by atoms with E-state index in [-0.39, 0.29) is 0 Å². The largest absolute Gasteiger partial charge is 0.422 e. The molecule has 106 valence electrons. The van der Waals surface area contributed by atoms with Gasteiger partial charge in [0.1, 0.15) is 5.58 Å². The minimum atomic E-state index is -0.418. The molecule has 2 aromatic carbocycles. The van der Waals surface area contributed by atoms with Gasteiger partial charge in [0.2, 0.25) is 0 Å². The molecule has 2 heterocycles. The zero-order valence-electron chi connectivity index (χ0n) is 11.4. The van der Waals surface area contributed by atoms with E-state index in [1.165, 1.54) is 0 Å². The van der Waals surface area contributed by atoms with Crippen molar-refractivity contribution in [3.05, 3.63) is 76.2 Å². The summed E-state index contributed by atoms with van der Waals surface area (Å²) in [6.07, 6.45) is 1.70. The van der Waals surface area contributed by atoms with Crippen LogP contribution in [0.4, 0.5) is 0 Å². The first kappa shape index (κ1) is 13.0. The molecule has 0 aliphatic rings. The van der Waals surface area contributed by atoms with Crippen molar-refractivity contribution in [1.29, 1.82) is 0 Å². The summed E-state index contributed by atoms with van der Waals surface area (Å²) in [4.78, 5) is 16.7. The maximum atomic E-state index is 12.3. The van der Waals surface area contributed by atoms with Crippen molar-refractivity contribution >= 4 is 33.3 Å². The second-order valence-corrected chi connectivity index (χ2v) is 5.45. The van der Waals surface area contributed by atoms with Crippen LogP contribution in [0.3, 0.4) is 0 Å². The van der Waals surface area contributed by atoms with Crippen LogP contribution in [-0.4, -0.2) is 4.98 Å². The molecule has 0 N–H and O–H groups in total. The van der Waals surface area contributed by atoms with Gasteiger partial charge in [-0.15, -0.1) is 0 Å². The van der Waals surface area contributed by atoms with E-state index in [4.69, 9.17) is 16.0 Å². The Kier molecular flexibility index (Phi) is 2.94. The summed E-state index contributed by atoms with van der Waals surface area (Å²) < 4.78 is 5.40. The molecule has 0 aliphatic carbocycles. The molecule has 4 aromatic rings. The van der Waals surface area contributed by atoms with Crippen molar-refractivity contribution in [3.8, 4) is 11.3 Å². The first-order valence-corrected chi connectivity index (χ1v) is 7.18. The molecule has 0 unspecified atom stereocenters. The van der Waals surface area contributed by atoms with E-state index in [0.29, 0.717) is 21.9 Å². The lowest BCUT2D eigenvalue weighted by molar-refractivity contribution is 0.563. The van der Waals surface area contributed by atoms with Gasteiger partial charge in [-0.2, -0.15) is 0 Å². The number of halogens is 1. The molecule has 2 aromatic heterocycles. The van der Waals surface area contributed by atoms with E-state index in [2.05, 4.69) is 4.98 Å². The van der Waals surface area contributed by atoms with Gasteiger partial charge < -0.3 is 4.42 Å². The van der Waals surface area contributed by atoms with Crippen LogP contribution in [0.15, 0.2) is 70.0 Å². The average Bonchev–Trinajstić information content (AvgIpc) is 2.54. The fourth-order valence-corrected chi connectivity index (χ4v) is 2.75. The van der Waals surface area contributed by atoms with E-state index in [0.717, 1.165) is 16.2 Å². The predicted molar refractivity (Wildman–Crippen MR) is 88.2 cm³/mol. The highest BCUT2D eigenvalue weighted by Gasteiger charge is 2.12. The van der Waals surface area contributed by atoms with E-state index < -0.39 is 5.63 Å². The van der Waals surface area contributed by atoms with Gasteiger partial charge in [0.05, 0.1) is 11.3 Å². The van der Waals surface area contributed by atoms with Crippen LogP contribution < -0.4 is 5.63 Å². The maximum absolute atomic E-state index is 12.3. The van der Waals surface area contributed by atoms with Gasteiger partial charge >= 0.3 is 5.63 Å². The molecule has 0 radical (unpaired) electrons. The quantitative estimate of drug-likeness (QED) is 0.480. The summed E-state index contributed by atoms with van der Waals surface area (Å²) in [6.45, 7) is 0. The Bertz CT molecular complexity index is 1060. The lowest BCUT2D eigenvalue weighted by Gasteiger charge is -2.06. The third kappa shape index (κ3) is 2.07. The van der Waals surface area contributed by atoms with Crippen LogP contribution >= 0.6 is 11.6 Å². The van der Waals surface area contributed by atoms with Crippen molar-refractivity contribution < 1.29 is 4.42 Å². The molecule has 0 spiro atoms. The number of rotatable bonds is 1. The molecule has 0 bridgehead atoms. The lowest BCUT2D eigenvalue weighted by Crippen LogP contribution is -2.04. The van der Waals surface area contributed by atoms with Crippen LogP contribution in [0.5, 0.6) is 0 Å². The summed E-state index contributed by atoms with van der Waals surface area (Å²) >= 11 is 5.93. The number of pyridine rings is 1. The van der Waals surface area contributed by atoms with Crippen molar-refractivity contribution in [2.75, 3.05) is 0 Å². The molecule has 4 rings (SSSR count). The normalized spacial score (nSPS) is 11.1. The molecular formula is C18H10ClNO2. The van der Waals surface area contributed by atoms with Crippen LogP contribution in [0.1, 0.15) is 0 Å². The van der Waals surface area contributed by atoms with E-state index in [1.807, 2.05) is 36.4 Å². The number of fused-ring (bicyclic) bond motifs is 2. The highest BCUT2D eigenvalue weighted by Crippen LogP contribution is 2.27. The Morgan fingerprint density at radius 2 is 1.82 bits per heavy atom. The first-order chi connectivity index (χ1) is 10.7. The SMILES string of the molecule is O=c1oc2cc(Cl)ccc2cc1-c1nccc2ccccc12. The number of hydrogen-bond acceptors (Lipinski definition) is 3. The number of aromatic nitrogens is 1.